The lowest BCUT2D eigenvalue weighted by Gasteiger charge is -2.09. The molecule has 0 spiro atoms. The second-order valence-corrected chi connectivity index (χ2v) is 8.08. The Morgan fingerprint density at radius 2 is 1.43 bits per heavy atom. The third kappa shape index (κ3) is 4.98. The smallest absolute Gasteiger partial charge is 0.261 e. The Morgan fingerprint density at radius 1 is 0.821 bits per heavy atom. The van der Waals surface area contributed by atoms with Crippen molar-refractivity contribution in [2.75, 3.05) is 10.0 Å². The highest BCUT2D eigenvalue weighted by Gasteiger charge is 2.14. The first-order valence-corrected chi connectivity index (χ1v) is 10.5. The van der Waals surface area contributed by atoms with Crippen LogP contribution in [0.3, 0.4) is 0 Å². The molecule has 0 saturated carbocycles. The van der Waals surface area contributed by atoms with Gasteiger partial charge in [-0.1, -0.05) is 43.7 Å². The van der Waals surface area contributed by atoms with E-state index in [1.165, 1.54) is 17.7 Å². The molecule has 0 unspecified atom stereocenters. The summed E-state index contributed by atoms with van der Waals surface area (Å²) >= 11 is 0. The third-order valence-electron chi connectivity index (χ3n) is 4.20. The average molecular weight is 394 g/mol. The number of carbonyl (C=O) groups excluding carboxylic acids is 1. The first-order chi connectivity index (χ1) is 13.5. The SMILES string of the molecule is CCCc1ccc(NC(=O)c2ccc(NS(=O)(=O)c3ccccc3)cc2)cc1. The predicted molar refractivity (Wildman–Crippen MR) is 112 cm³/mol. The van der Waals surface area contributed by atoms with E-state index in [4.69, 9.17) is 0 Å². The molecule has 3 aromatic carbocycles. The van der Waals surface area contributed by atoms with E-state index in [1.54, 1.807) is 42.5 Å². The van der Waals surface area contributed by atoms with Crippen LogP contribution in [0.4, 0.5) is 11.4 Å². The first-order valence-electron chi connectivity index (χ1n) is 9.06. The minimum atomic E-state index is -3.65. The van der Waals surface area contributed by atoms with Gasteiger partial charge in [0.2, 0.25) is 0 Å². The van der Waals surface area contributed by atoms with E-state index in [0.29, 0.717) is 11.3 Å². The Kier molecular flexibility index (Phi) is 6.11. The van der Waals surface area contributed by atoms with Gasteiger partial charge in [-0.2, -0.15) is 0 Å². The molecule has 2 N–H and O–H groups in total. The van der Waals surface area contributed by atoms with E-state index >= 15 is 0 Å². The van der Waals surface area contributed by atoms with Crippen LogP contribution in [0, 0.1) is 0 Å². The molecule has 144 valence electrons. The Hall–Kier alpha value is -3.12. The zero-order valence-electron chi connectivity index (χ0n) is 15.6. The van der Waals surface area contributed by atoms with Crippen molar-refractivity contribution >= 4 is 27.3 Å². The van der Waals surface area contributed by atoms with Crippen molar-refractivity contribution in [2.24, 2.45) is 0 Å². The fourth-order valence-corrected chi connectivity index (χ4v) is 3.83. The van der Waals surface area contributed by atoms with Crippen molar-refractivity contribution < 1.29 is 13.2 Å². The maximum Gasteiger partial charge on any atom is 0.261 e. The van der Waals surface area contributed by atoms with Gasteiger partial charge in [0.05, 0.1) is 4.90 Å². The van der Waals surface area contributed by atoms with E-state index in [0.717, 1.165) is 18.5 Å². The Morgan fingerprint density at radius 3 is 2.04 bits per heavy atom. The molecule has 0 aliphatic rings. The van der Waals surface area contributed by atoms with E-state index in [2.05, 4.69) is 17.0 Å². The fraction of sp³-hybridized carbons (Fsp3) is 0.136. The molecule has 0 atom stereocenters. The number of hydrogen-bond donors (Lipinski definition) is 2. The molecule has 1 amide bonds. The third-order valence-corrected chi connectivity index (χ3v) is 5.60. The van der Waals surface area contributed by atoms with E-state index in [-0.39, 0.29) is 10.8 Å². The van der Waals surface area contributed by atoms with Crippen LogP contribution in [0.5, 0.6) is 0 Å². The fourth-order valence-electron chi connectivity index (χ4n) is 2.75. The monoisotopic (exact) mass is 394 g/mol. The van der Waals surface area contributed by atoms with E-state index in [1.807, 2.05) is 24.3 Å². The number of sulfonamides is 1. The molecule has 0 aliphatic heterocycles. The second kappa shape index (κ2) is 8.71. The number of nitrogens with one attached hydrogen (secondary N) is 2. The maximum atomic E-state index is 12.4. The van der Waals surface area contributed by atoms with Gasteiger partial charge in [-0.05, 0) is 60.5 Å². The number of rotatable bonds is 7. The maximum absolute atomic E-state index is 12.4. The van der Waals surface area contributed by atoms with Gasteiger partial charge in [-0.25, -0.2) is 8.42 Å². The standard InChI is InChI=1S/C22H22N2O3S/c1-2-6-17-9-13-19(14-10-17)23-22(25)18-11-15-20(16-12-18)24-28(26,27)21-7-4-3-5-8-21/h3-5,7-16,24H,2,6H2,1H3,(H,23,25). The topological polar surface area (TPSA) is 75.3 Å². The number of hydrogen-bond acceptors (Lipinski definition) is 3. The van der Waals surface area contributed by atoms with Gasteiger partial charge in [-0.3, -0.25) is 9.52 Å². The van der Waals surface area contributed by atoms with Crippen LogP contribution in [0.25, 0.3) is 0 Å². The summed E-state index contributed by atoms with van der Waals surface area (Å²) in [7, 11) is -3.65. The summed E-state index contributed by atoms with van der Waals surface area (Å²) in [6.45, 7) is 2.12. The van der Waals surface area contributed by atoms with Crippen LogP contribution < -0.4 is 10.0 Å². The van der Waals surface area contributed by atoms with E-state index in [9.17, 15) is 13.2 Å². The van der Waals surface area contributed by atoms with Crippen molar-refractivity contribution in [1.29, 1.82) is 0 Å². The molecule has 5 nitrogen and oxygen atoms in total. The lowest BCUT2D eigenvalue weighted by molar-refractivity contribution is 0.102. The van der Waals surface area contributed by atoms with Crippen LogP contribution in [-0.4, -0.2) is 14.3 Å². The lowest BCUT2D eigenvalue weighted by Crippen LogP contribution is -2.14. The molecule has 0 heterocycles. The molecule has 0 saturated heterocycles. The number of anilines is 2. The summed E-state index contributed by atoms with van der Waals surface area (Å²) < 4.78 is 27.2. The summed E-state index contributed by atoms with van der Waals surface area (Å²) in [5.74, 6) is -0.249. The minimum Gasteiger partial charge on any atom is -0.322 e. The number of amides is 1. The van der Waals surface area contributed by atoms with Gasteiger partial charge in [0, 0.05) is 16.9 Å². The predicted octanol–water partition coefficient (Wildman–Crippen LogP) is 4.69. The summed E-state index contributed by atoms with van der Waals surface area (Å²) in [5.41, 5.74) is 2.79. The molecule has 3 aromatic rings. The molecule has 3 rings (SSSR count). The highest BCUT2D eigenvalue weighted by Crippen LogP contribution is 2.18. The molecule has 6 heteroatoms. The summed E-state index contributed by atoms with van der Waals surface area (Å²) in [6.07, 6.45) is 2.08. The molecule has 0 fully saturated rings. The van der Waals surface area contributed by atoms with Crippen molar-refractivity contribution in [2.45, 2.75) is 24.7 Å². The molecule has 0 bridgehead atoms. The largest absolute Gasteiger partial charge is 0.322 e. The molecular weight excluding hydrogens is 372 g/mol. The average Bonchev–Trinajstić information content (AvgIpc) is 2.70. The highest BCUT2D eigenvalue weighted by atomic mass is 32.2. The lowest BCUT2D eigenvalue weighted by atomic mass is 10.1. The Bertz CT molecular complexity index is 1030. The van der Waals surface area contributed by atoms with Crippen LogP contribution >= 0.6 is 0 Å². The van der Waals surface area contributed by atoms with E-state index < -0.39 is 10.0 Å². The van der Waals surface area contributed by atoms with Crippen LogP contribution in [0.1, 0.15) is 29.3 Å². The second-order valence-electron chi connectivity index (χ2n) is 6.40. The van der Waals surface area contributed by atoms with Crippen LogP contribution in [0.2, 0.25) is 0 Å². The zero-order valence-corrected chi connectivity index (χ0v) is 16.4. The normalized spacial score (nSPS) is 11.0. The molecule has 0 aliphatic carbocycles. The summed E-state index contributed by atoms with van der Waals surface area (Å²) in [5, 5.41) is 2.84. The minimum absolute atomic E-state index is 0.184. The zero-order chi connectivity index (χ0) is 20.0. The van der Waals surface area contributed by atoms with Crippen molar-refractivity contribution in [3.63, 3.8) is 0 Å². The summed E-state index contributed by atoms with van der Waals surface area (Å²) in [4.78, 5) is 12.6. The molecule has 28 heavy (non-hydrogen) atoms. The number of benzene rings is 3. The first kappa shape index (κ1) is 19.6. The van der Waals surface area contributed by atoms with Gasteiger partial charge in [0.25, 0.3) is 15.9 Å². The van der Waals surface area contributed by atoms with Gasteiger partial charge in [0.1, 0.15) is 0 Å². The van der Waals surface area contributed by atoms with Crippen LogP contribution in [0.15, 0.2) is 83.8 Å². The Labute approximate surface area is 165 Å². The molecule has 0 radical (unpaired) electrons. The quantitative estimate of drug-likeness (QED) is 0.610. The number of aryl methyl sites for hydroxylation is 1. The molecule has 0 aromatic heterocycles. The van der Waals surface area contributed by atoms with Crippen LogP contribution in [-0.2, 0) is 16.4 Å². The van der Waals surface area contributed by atoms with Gasteiger partial charge >= 0.3 is 0 Å². The van der Waals surface area contributed by atoms with Crippen molar-refractivity contribution in [3.05, 3.63) is 90.0 Å². The highest BCUT2D eigenvalue weighted by molar-refractivity contribution is 7.92. The Balaban J connectivity index is 1.66. The van der Waals surface area contributed by atoms with Gasteiger partial charge in [0.15, 0.2) is 0 Å². The molecular formula is C22H22N2O3S. The van der Waals surface area contributed by atoms with Crippen molar-refractivity contribution in [1.82, 2.24) is 0 Å². The summed E-state index contributed by atoms with van der Waals surface area (Å²) in [6, 6.07) is 22.2. The van der Waals surface area contributed by atoms with Gasteiger partial charge in [-0.15, -0.1) is 0 Å². The van der Waals surface area contributed by atoms with Gasteiger partial charge < -0.3 is 5.32 Å². The number of carbonyl (C=O) groups is 1. The van der Waals surface area contributed by atoms with Crippen molar-refractivity contribution in [3.8, 4) is 0 Å².